The summed E-state index contributed by atoms with van der Waals surface area (Å²) in [5.74, 6) is 0. The van der Waals surface area contributed by atoms with E-state index in [0.717, 1.165) is 38.5 Å². The van der Waals surface area contributed by atoms with Crippen molar-refractivity contribution >= 4 is 17.4 Å². The van der Waals surface area contributed by atoms with Gasteiger partial charge in [0.2, 0.25) is 0 Å². The Bertz CT molecular complexity index is 770. The zero-order valence-electron chi connectivity index (χ0n) is 57.8. The number of hydrogen-bond donors (Lipinski definition) is 0. The van der Waals surface area contributed by atoms with Gasteiger partial charge in [0, 0.05) is 17.4 Å². The Morgan fingerprint density at radius 3 is 0.232 bits per heavy atom. The van der Waals surface area contributed by atoms with Gasteiger partial charge in [0.15, 0.2) is 0 Å². The number of unbranched alkanes of at least 4 members (excludes halogenated alkanes) is 69. The van der Waals surface area contributed by atoms with E-state index in [9.17, 15) is 15.3 Å². The Morgan fingerprint density at radius 2 is 0.171 bits per heavy atom. The molecule has 0 aromatic rings. The first-order valence-corrected chi connectivity index (χ1v) is 39.0. The second kappa shape index (κ2) is 92.6. The van der Waals surface area contributed by atoms with Crippen LogP contribution < -0.4 is 15.3 Å². The average Bonchev–Trinajstić information content (AvgIpc) is 3.48. The molecule has 0 aromatic heterocycles. The normalized spacial score (nSPS) is 11.2. The molecule has 3 nitrogen and oxygen atoms in total. The zero-order valence-corrected chi connectivity index (χ0v) is 59.0. The largest absolute Gasteiger partial charge is 0.854 e. The molecule has 0 aliphatic carbocycles. The van der Waals surface area contributed by atoms with Gasteiger partial charge in [0.25, 0.3) is 0 Å². The van der Waals surface area contributed by atoms with E-state index >= 15 is 0 Å². The fourth-order valence-electron chi connectivity index (χ4n) is 12.2. The molecule has 0 spiro atoms. The molecule has 0 aliphatic heterocycles. The van der Waals surface area contributed by atoms with Crippen LogP contribution in [0.2, 0.25) is 0 Å². The van der Waals surface area contributed by atoms with Crippen molar-refractivity contribution < 1.29 is 15.3 Å². The van der Waals surface area contributed by atoms with Crippen LogP contribution in [0.3, 0.4) is 0 Å². The van der Waals surface area contributed by atoms with Crippen molar-refractivity contribution in [3.63, 3.8) is 0 Å². The molecule has 0 rings (SSSR count). The lowest BCUT2D eigenvalue weighted by atomic mass is 10.0. The van der Waals surface area contributed by atoms with Crippen LogP contribution in [0.25, 0.3) is 0 Å². The van der Waals surface area contributed by atoms with E-state index in [1.165, 1.54) is 424 Å². The Balaban J connectivity index is -0.000000553. The highest BCUT2D eigenvalue weighted by Gasteiger charge is 2.00. The standard InChI is InChI=1S/3C26H53O.Al/c3*1-2-3-4-5-6-7-8-9-10-11-12-13-14-15-16-17-18-19-20-21-22-23-24-25-26-27;/h3*2-26H2,1H3;/q3*-1;. The van der Waals surface area contributed by atoms with Crippen molar-refractivity contribution in [1.29, 1.82) is 0 Å². The molecule has 0 atom stereocenters. The van der Waals surface area contributed by atoms with E-state index in [0.29, 0.717) is 0 Å². The van der Waals surface area contributed by atoms with E-state index in [4.69, 9.17) is 0 Å². The van der Waals surface area contributed by atoms with Gasteiger partial charge in [0.05, 0.1) is 0 Å². The maximum atomic E-state index is 10.3. The fourth-order valence-corrected chi connectivity index (χ4v) is 12.2. The van der Waals surface area contributed by atoms with Crippen molar-refractivity contribution in [3.8, 4) is 0 Å². The minimum Gasteiger partial charge on any atom is -0.854 e. The molecule has 495 valence electrons. The topological polar surface area (TPSA) is 69.2 Å². The van der Waals surface area contributed by atoms with Crippen LogP contribution in [0.5, 0.6) is 0 Å². The van der Waals surface area contributed by atoms with Crippen LogP contribution in [0.15, 0.2) is 0 Å². The summed E-state index contributed by atoms with van der Waals surface area (Å²) in [7, 11) is 0. The van der Waals surface area contributed by atoms with Crippen LogP contribution in [0.4, 0.5) is 0 Å². The van der Waals surface area contributed by atoms with Gasteiger partial charge >= 0.3 is 0 Å². The molecule has 3 radical (unpaired) electrons. The van der Waals surface area contributed by atoms with Crippen molar-refractivity contribution in [3.05, 3.63) is 0 Å². The Morgan fingerprint density at radius 1 is 0.110 bits per heavy atom. The molecule has 0 N–H and O–H groups in total. The molecule has 82 heavy (non-hydrogen) atoms. The fraction of sp³-hybridized carbons (Fsp3) is 1.00. The predicted molar refractivity (Wildman–Crippen MR) is 370 cm³/mol. The van der Waals surface area contributed by atoms with Crippen molar-refractivity contribution in [2.45, 2.75) is 483 Å². The van der Waals surface area contributed by atoms with Crippen LogP contribution >= 0.6 is 0 Å². The highest BCUT2D eigenvalue weighted by molar-refractivity contribution is 5.75. The summed E-state index contributed by atoms with van der Waals surface area (Å²) in [5, 5.41) is 31.0. The minimum absolute atomic E-state index is 0. The third-order valence-electron chi connectivity index (χ3n) is 18.0. The van der Waals surface area contributed by atoms with E-state index in [1.807, 2.05) is 0 Å². The van der Waals surface area contributed by atoms with Crippen LogP contribution in [-0.4, -0.2) is 37.2 Å². The molecule has 0 bridgehead atoms. The summed E-state index contributed by atoms with van der Waals surface area (Å²) in [6, 6.07) is 0. The van der Waals surface area contributed by atoms with Crippen molar-refractivity contribution in [2.75, 3.05) is 19.8 Å². The van der Waals surface area contributed by atoms with Gasteiger partial charge in [-0.2, -0.15) is 0 Å². The lowest BCUT2D eigenvalue weighted by molar-refractivity contribution is -0.368. The Hall–Kier alpha value is 0.412. The molecular formula is C78H159AlO3-3. The van der Waals surface area contributed by atoms with Gasteiger partial charge < -0.3 is 15.3 Å². The average molecular weight is 1170 g/mol. The minimum atomic E-state index is 0. The molecule has 0 saturated heterocycles. The quantitative estimate of drug-likeness (QED) is 0.0450. The highest BCUT2D eigenvalue weighted by atomic mass is 27.0. The summed E-state index contributed by atoms with van der Waals surface area (Å²) in [6.07, 6.45) is 101. The van der Waals surface area contributed by atoms with E-state index < -0.39 is 0 Å². The predicted octanol–water partition coefficient (Wildman–Crippen LogP) is 25.8. The first kappa shape index (κ1) is 88.8. The lowest BCUT2D eigenvalue weighted by Gasteiger charge is -2.05. The smallest absolute Gasteiger partial charge is 0 e. The molecule has 0 amide bonds. The van der Waals surface area contributed by atoms with Crippen LogP contribution in [0, 0.1) is 0 Å². The Labute approximate surface area is 532 Å². The van der Waals surface area contributed by atoms with E-state index in [2.05, 4.69) is 20.8 Å². The van der Waals surface area contributed by atoms with Gasteiger partial charge in [-0.05, 0) is 0 Å². The van der Waals surface area contributed by atoms with Crippen LogP contribution in [0.1, 0.15) is 483 Å². The van der Waals surface area contributed by atoms with Crippen molar-refractivity contribution in [2.24, 2.45) is 0 Å². The second-order valence-corrected chi connectivity index (χ2v) is 26.5. The van der Waals surface area contributed by atoms with Gasteiger partial charge in [-0.3, -0.25) is 0 Å². The van der Waals surface area contributed by atoms with Gasteiger partial charge in [-0.15, -0.1) is 19.8 Å². The van der Waals surface area contributed by atoms with Crippen LogP contribution in [-0.2, 0) is 0 Å². The molecule has 0 heterocycles. The van der Waals surface area contributed by atoms with E-state index in [1.54, 1.807) is 0 Å². The highest BCUT2D eigenvalue weighted by Crippen LogP contribution is 2.20. The summed E-state index contributed by atoms with van der Waals surface area (Å²) >= 11 is 0. The third-order valence-corrected chi connectivity index (χ3v) is 18.0. The number of hydrogen-bond acceptors (Lipinski definition) is 3. The van der Waals surface area contributed by atoms with E-state index in [-0.39, 0.29) is 37.2 Å². The van der Waals surface area contributed by atoms with Gasteiger partial charge in [-0.1, -0.05) is 483 Å². The SMILES string of the molecule is CCCCCCCCCCCCCCCCCCCCCCCCCC[O-].CCCCCCCCCCCCCCCCCCCCCCCCCC[O-].CCCCCCCCCCCCCCCCCCCCCCCCCC[O-].[Al]. The maximum Gasteiger partial charge on any atom is 0 e. The van der Waals surface area contributed by atoms with Gasteiger partial charge in [-0.25, -0.2) is 0 Å². The molecule has 0 fully saturated rings. The molecule has 4 heteroatoms. The summed E-state index contributed by atoms with van der Waals surface area (Å²) in [4.78, 5) is 0. The second-order valence-electron chi connectivity index (χ2n) is 26.5. The summed E-state index contributed by atoms with van der Waals surface area (Å²) in [5.41, 5.74) is 0. The molecule has 0 aromatic carbocycles. The maximum absolute atomic E-state index is 10.3. The monoisotopic (exact) mass is 1170 g/mol. The molecule has 0 unspecified atom stereocenters. The third kappa shape index (κ3) is 96.7. The zero-order chi connectivity index (χ0) is 59.0. The first-order chi connectivity index (χ1) is 40.2. The van der Waals surface area contributed by atoms with Crippen molar-refractivity contribution in [1.82, 2.24) is 0 Å². The van der Waals surface area contributed by atoms with Gasteiger partial charge in [0.1, 0.15) is 0 Å². The Kier molecular flexibility index (Phi) is 100. The molecular weight excluding hydrogens is 1010 g/mol. The summed E-state index contributed by atoms with van der Waals surface area (Å²) < 4.78 is 0. The lowest BCUT2D eigenvalue weighted by Crippen LogP contribution is -2.04. The molecule has 0 aliphatic rings. The molecule has 0 saturated carbocycles. The first-order valence-electron chi connectivity index (χ1n) is 39.0. The summed E-state index contributed by atoms with van der Waals surface area (Å²) in [6.45, 7) is 7.26. The number of rotatable bonds is 72.